The Kier molecular flexibility index (Phi) is 3.85. The van der Waals surface area contributed by atoms with Gasteiger partial charge in [-0.1, -0.05) is 30.3 Å². The van der Waals surface area contributed by atoms with E-state index in [0.29, 0.717) is 24.1 Å². The average Bonchev–Trinajstić information content (AvgIpc) is 3.31. The summed E-state index contributed by atoms with van der Waals surface area (Å²) in [6.07, 6.45) is 2.32. The summed E-state index contributed by atoms with van der Waals surface area (Å²) in [6, 6.07) is 13.2. The molecule has 28 heavy (non-hydrogen) atoms. The number of amides is 1. The molecule has 0 spiro atoms. The number of fused-ring (bicyclic) bond motifs is 2. The number of carbonyl (C=O) groups excluding carboxylic acids is 1. The smallest absolute Gasteiger partial charge is 0.276 e. The molecule has 1 aliphatic heterocycles. The third kappa shape index (κ3) is 2.81. The Balaban J connectivity index is 1.40. The van der Waals surface area contributed by atoms with Crippen molar-refractivity contribution in [2.24, 2.45) is 5.92 Å². The summed E-state index contributed by atoms with van der Waals surface area (Å²) in [4.78, 5) is 20.8. The van der Waals surface area contributed by atoms with E-state index in [1.54, 1.807) is 24.4 Å². The van der Waals surface area contributed by atoms with E-state index < -0.39 is 0 Å². The lowest BCUT2D eigenvalue weighted by molar-refractivity contribution is 0.102. The van der Waals surface area contributed by atoms with E-state index in [1.807, 2.05) is 33.6 Å². The molecule has 0 aliphatic carbocycles. The fourth-order valence-electron chi connectivity index (χ4n) is 3.62. The molecule has 3 aromatic heterocycles. The van der Waals surface area contributed by atoms with Crippen molar-refractivity contribution in [1.82, 2.24) is 34.7 Å². The van der Waals surface area contributed by atoms with E-state index in [0.717, 1.165) is 23.3 Å². The first-order valence-electron chi connectivity index (χ1n) is 9.15. The maximum absolute atomic E-state index is 12.3. The standard InChI is InChI=1S/C19H18N8O/c1-12-10-17-21-19(22-18(28)14-7-4-5-9-20-14)24-26(17)11-16(12)27-15-8-3-2-6-13(15)23-25-27/h2-9,12,16H,10-11H2,1H3,(H,22,24,28). The topological polar surface area (TPSA) is 103 Å². The van der Waals surface area contributed by atoms with Crippen molar-refractivity contribution in [2.75, 3.05) is 5.32 Å². The third-order valence-corrected chi connectivity index (χ3v) is 5.08. The number of para-hydroxylation sites is 1. The molecular formula is C19H18N8O. The van der Waals surface area contributed by atoms with Crippen molar-refractivity contribution in [1.29, 1.82) is 0 Å². The molecule has 0 saturated heterocycles. The summed E-state index contributed by atoms with van der Waals surface area (Å²) in [5, 5.41) is 15.8. The summed E-state index contributed by atoms with van der Waals surface area (Å²) in [7, 11) is 0. The fourth-order valence-corrected chi connectivity index (χ4v) is 3.62. The minimum atomic E-state index is -0.324. The van der Waals surface area contributed by atoms with Crippen molar-refractivity contribution in [3.05, 3.63) is 60.2 Å². The van der Waals surface area contributed by atoms with Gasteiger partial charge < -0.3 is 0 Å². The molecule has 1 amide bonds. The highest BCUT2D eigenvalue weighted by molar-refractivity contribution is 6.01. The van der Waals surface area contributed by atoms with Gasteiger partial charge in [0, 0.05) is 12.6 Å². The molecule has 4 heterocycles. The van der Waals surface area contributed by atoms with E-state index in [9.17, 15) is 4.79 Å². The first kappa shape index (κ1) is 16.5. The van der Waals surface area contributed by atoms with E-state index in [1.165, 1.54) is 0 Å². The van der Waals surface area contributed by atoms with Gasteiger partial charge in [-0.05, 0) is 30.2 Å². The summed E-state index contributed by atoms with van der Waals surface area (Å²) >= 11 is 0. The number of anilines is 1. The summed E-state index contributed by atoms with van der Waals surface area (Å²) in [6.45, 7) is 2.79. The second-order valence-corrected chi connectivity index (χ2v) is 6.97. The molecule has 0 fully saturated rings. The normalized spacial score (nSPS) is 18.8. The summed E-state index contributed by atoms with van der Waals surface area (Å²) in [5.74, 6) is 1.13. The number of pyridine rings is 1. The molecule has 0 radical (unpaired) electrons. The van der Waals surface area contributed by atoms with Crippen LogP contribution in [0.5, 0.6) is 0 Å². The lowest BCUT2D eigenvalue weighted by Crippen LogP contribution is -2.31. The second-order valence-electron chi connectivity index (χ2n) is 6.97. The molecule has 9 nitrogen and oxygen atoms in total. The SMILES string of the molecule is CC1Cc2nc(NC(=O)c3ccccn3)nn2CC1n1nnc2ccccc21. The quantitative estimate of drug-likeness (QED) is 0.589. The zero-order chi connectivity index (χ0) is 19.1. The van der Waals surface area contributed by atoms with Crippen LogP contribution >= 0.6 is 0 Å². The number of aromatic nitrogens is 7. The first-order valence-corrected chi connectivity index (χ1v) is 9.15. The van der Waals surface area contributed by atoms with Crippen LogP contribution in [0.3, 0.4) is 0 Å². The first-order chi connectivity index (χ1) is 13.7. The Hall–Kier alpha value is -3.62. The maximum Gasteiger partial charge on any atom is 0.276 e. The Morgan fingerprint density at radius 2 is 2.04 bits per heavy atom. The van der Waals surface area contributed by atoms with Crippen LogP contribution < -0.4 is 5.32 Å². The largest absolute Gasteiger partial charge is 0.288 e. The van der Waals surface area contributed by atoms with Gasteiger partial charge in [0.05, 0.1) is 18.1 Å². The number of rotatable bonds is 3. The second kappa shape index (κ2) is 6.52. The van der Waals surface area contributed by atoms with Crippen LogP contribution in [-0.4, -0.2) is 40.6 Å². The van der Waals surface area contributed by atoms with Crippen molar-refractivity contribution >= 4 is 22.9 Å². The van der Waals surface area contributed by atoms with Crippen molar-refractivity contribution in [3.63, 3.8) is 0 Å². The van der Waals surface area contributed by atoms with E-state index in [2.05, 4.69) is 37.6 Å². The van der Waals surface area contributed by atoms with Crippen LogP contribution in [-0.2, 0) is 13.0 Å². The van der Waals surface area contributed by atoms with Gasteiger partial charge >= 0.3 is 0 Å². The van der Waals surface area contributed by atoms with Crippen LogP contribution in [0, 0.1) is 5.92 Å². The number of hydrogen-bond acceptors (Lipinski definition) is 6. The minimum Gasteiger partial charge on any atom is -0.288 e. The highest BCUT2D eigenvalue weighted by atomic mass is 16.2. The molecule has 2 atom stereocenters. The van der Waals surface area contributed by atoms with Gasteiger partial charge in [-0.15, -0.1) is 10.2 Å². The van der Waals surface area contributed by atoms with E-state index >= 15 is 0 Å². The highest BCUT2D eigenvalue weighted by Gasteiger charge is 2.31. The van der Waals surface area contributed by atoms with Gasteiger partial charge in [-0.3, -0.25) is 15.1 Å². The highest BCUT2D eigenvalue weighted by Crippen LogP contribution is 2.30. The monoisotopic (exact) mass is 374 g/mol. The molecule has 1 N–H and O–H groups in total. The van der Waals surface area contributed by atoms with Crippen LogP contribution in [0.2, 0.25) is 0 Å². The molecule has 1 aliphatic rings. The van der Waals surface area contributed by atoms with Crippen molar-refractivity contribution in [3.8, 4) is 0 Å². The predicted octanol–water partition coefficient (Wildman–Crippen LogP) is 2.10. The number of hydrogen-bond donors (Lipinski definition) is 1. The van der Waals surface area contributed by atoms with Crippen molar-refractivity contribution < 1.29 is 4.79 Å². The summed E-state index contributed by atoms with van der Waals surface area (Å²) < 4.78 is 3.81. The number of carbonyl (C=O) groups is 1. The molecule has 0 bridgehead atoms. The van der Waals surface area contributed by atoms with Gasteiger partial charge in [0.15, 0.2) is 0 Å². The van der Waals surface area contributed by atoms with Crippen LogP contribution in [0.1, 0.15) is 29.3 Å². The average molecular weight is 374 g/mol. The van der Waals surface area contributed by atoms with Crippen molar-refractivity contribution in [2.45, 2.75) is 25.9 Å². The fraction of sp³-hybridized carbons (Fsp3) is 0.263. The van der Waals surface area contributed by atoms with E-state index in [4.69, 9.17) is 0 Å². The molecular weight excluding hydrogens is 356 g/mol. The Bertz CT molecular complexity index is 1150. The van der Waals surface area contributed by atoms with Gasteiger partial charge in [0.2, 0.25) is 5.95 Å². The van der Waals surface area contributed by atoms with Crippen LogP contribution in [0.4, 0.5) is 5.95 Å². The molecule has 0 saturated carbocycles. The Morgan fingerprint density at radius 1 is 1.18 bits per heavy atom. The molecule has 5 rings (SSSR count). The molecule has 2 unspecified atom stereocenters. The Morgan fingerprint density at radius 3 is 2.89 bits per heavy atom. The molecule has 4 aromatic rings. The maximum atomic E-state index is 12.3. The number of benzene rings is 1. The van der Waals surface area contributed by atoms with Crippen LogP contribution in [0.25, 0.3) is 11.0 Å². The number of nitrogens with zero attached hydrogens (tertiary/aromatic N) is 7. The number of nitrogens with one attached hydrogen (secondary N) is 1. The molecule has 9 heteroatoms. The zero-order valence-corrected chi connectivity index (χ0v) is 15.2. The lowest BCUT2D eigenvalue weighted by atomic mass is 9.95. The Labute approximate surface area is 160 Å². The molecule has 1 aromatic carbocycles. The third-order valence-electron chi connectivity index (χ3n) is 5.08. The predicted molar refractivity (Wildman–Crippen MR) is 102 cm³/mol. The van der Waals surface area contributed by atoms with Crippen LogP contribution in [0.15, 0.2) is 48.7 Å². The summed E-state index contributed by atoms with van der Waals surface area (Å²) in [5.41, 5.74) is 2.21. The van der Waals surface area contributed by atoms with Gasteiger partial charge in [-0.2, -0.15) is 4.98 Å². The molecule has 140 valence electrons. The van der Waals surface area contributed by atoms with Gasteiger partial charge in [0.1, 0.15) is 17.0 Å². The van der Waals surface area contributed by atoms with Gasteiger partial charge in [0.25, 0.3) is 5.91 Å². The zero-order valence-electron chi connectivity index (χ0n) is 15.2. The van der Waals surface area contributed by atoms with E-state index in [-0.39, 0.29) is 11.9 Å². The minimum absolute atomic E-state index is 0.112. The van der Waals surface area contributed by atoms with Gasteiger partial charge in [-0.25, -0.2) is 9.36 Å². The lowest BCUT2D eigenvalue weighted by Gasteiger charge is -2.28.